The van der Waals surface area contributed by atoms with Crippen molar-refractivity contribution < 1.29 is 0 Å². The molecule has 106 valence electrons. The average molecular weight is 259 g/mol. The van der Waals surface area contributed by atoms with Crippen LogP contribution in [0.4, 0.5) is 5.69 Å². The van der Waals surface area contributed by atoms with Gasteiger partial charge in [0.15, 0.2) is 0 Å². The number of rotatable bonds is 2. The van der Waals surface area contributed by atoms with Gasteiger partial charge in [-0.3, -0.25) is 0 Å². The molecule has 0 aliphatic heterocycles. The number of benzene rings is 1. The minimum atomic E-state index is 0.141. The van der Waals surface area contributed by atoms with Gasteiger partial charge in [0, 0.05) is 11.4 Å². The van der Waals surface area contributed by atoms with Crippen molar-refractivity contribution in [2.24, 2.45) is 0 Å². The van der Waals surface area contributed by atoms with Crippen LogP contribution < -0.4 is 5.32 Å². The number of hydrogen-bond acceptors (Lipinski definition) is 1. The zero-order valence-electron chi connectivity index (χ0n) is 13.9. The van der Waals surface area contributed by atoms with Crippen molar-refractivity contribution in [3.63, 3.8) is 0 Å². The highest BCUT2D eigenvalue weighted by molar-refractivity contribution is 5.60. The predicted octanol–water partition coefficient (Wildman–Crippen LogP) is 5.54. The van der Waals surface area contributed by atoms with Gasteiger partial charge in [0.2, 0.25) is 0 Å². The molecule has 1 N–H and O–H groups in total. The van der Waals surface area contributed by atoms with E-state index in [1.807, 2.05) is 6.92 Å². The number of aryl methyl sites for hydroxylation is 1. The number of anilines is 1. The minimum absolute atomic E-state index is 0.141. The number of allylic oxidation sites excluding steroid dienone is 1. The topological polar surface area (TPSA) is 12.0 Å². The monoisotopic (exact) mass is 259 g/mol. The molecular formula is C18H29N. The zero-order chi connectivity index (χ0) is 15.0. The largest absolute Gasteiger partial charge is 0.359 e. The fourth-order valence-corrected chi connectivity index (χ4v) is 2.31. The third-order valence-electron chi connectivity index (χ3n) is 3.33. The molecule has 0 aliphatic carbocycles. The minimum Gasteiger partial charge on any atom is -0.359 e. The van der Waals surface area contributed by atoms with Crippen LogP contribution >= 0.6 is 0 Å². The Morgan fingerprint density at radius 3 is 1.74 bits per heavy atom. The van der Waals surface area contributed by atoms with E-state index in [2.05, 4.69) is 72.5 Å². The van der Waals surface area contributed by atoms with Crippen LogP contribution in [0.2, 0.25) is 0 Å². The van der Waals surface area contributed by atoms with Gasteiger partial charge in [0.1, 0.15) is 0 Å². The summed E-state index contributed by atoms with van der Waals surface area (Å²) in [5.74, 6) is 0. The fourth-order valence-electron chi connectivity index (χ4n) is 2.31. The van der Waals surface area contributed by atoms with Gasteiger partial charge in [-0.15, -0.1) is 0 Å². The second-order valence-electron chi connectivity index (χ2n) is 7.62. The Hall–Kier alpha value is -1.24. The number of hydrogen-bond donors (Lipinski definition) is 1. The van der Waals surface area contributed by atoms with Crippen LogP contribution in [0.15, 0.2) is 24.4 Å². The summed E-state index contributed by atoms with van der Waals surface area (Å²) >= 11 is 0. The lowest BCUT2D eigenvalue weighted by Gasteiger charge is -2.31. The van der Waals surface area contributed by atoms with Crippen molar-refractivity contribution in [3.8, 4) is 0 Å². The molecule has 0 unspecified atom stereocenters. The van der Waals surface area contributed by atoms with Crippen LogP contribution in [-0.4, -0.2) is 0 Å². The first-order valence-corrected chi connectivity index (χ1v) is 7.01. The summed E-state index contributed by atoms with van der Waals surface area (Å²) in [6.07, 6.45) is 0. The van der Waals surface area contributed by atoms with Gasteiger partial charge < -0.3 is 5.32 Å². The Labute approximate surface area is 119 Å². The van der Waals surface area contributed by atoms with Crippen molar-refractivity contribution in [2.75, 3.05) is 5.32 Å². The Morgan fingerprint density at radius 2 is 1.37 bits per heavy atom. The van der Waals surface area contributed by atoms with Crippen LogP contribution in [0.3, 0.4) is 0 Å². The molecule has 1 heteroatoms. The summed E-state index contributed by atoms with van der Waals surface area (Å²) in [6.45, 7) is 21.8. The third-order valence-corrected chi connectivity index (χ3v) is 3.33. The normalized spacial score (nSPS) is 12.4. The second-order valence-corrected chi connectivity index (χ2v) is 7.62. The lowest BCUT2D eigenvalue weighted by molar-refractivity contribution is 0.530. The Balaban J connectivity index is 3.51. The summed E-state index contributed by atoms with van der Waals surface area (Å²) < 4.78 is 0. The van der Waals surface area contributed by atoms with Crippen LogP contribution in [0.5, 0.6) is 0 Å². The molecule has 0 aromatic heterocycles. The van der Waals surface area contributed by atoms with E-state index in [-0.39, 0.29) is 10.8 Å². The summed E-state index contributed by atoms with van der Waals surface area (Å²) in [7, 11) is 0. The van der Waals surface area contributed by atoms with Crippen LogP contribution in [-0.2, 0) is 10.8 Å². The van der Waals surface area contributed by atoms with E-state index in [1.165, 1.54) is 22.4 Å². The highest BCUT2D eigenvalue weighted by atomic mass is 14.9. The van der Waals surface area contributed by atoms with Crippen molar-refractivity contribution in [1.82, 2.24) is 0 Å². The highest BCUT2D eigenvalue weighted by Crippen LogP contribution is 2.37. The average Bonchev–Trinajstić information content (AvgIpc) is 2.16. The molecule has 0 radical (unpaired) electrons. The smallest absolute Gasteiger partial charge is 0.0414 e. The molecule has 0 fully saturated rings. The van der Waals surface area contributed by atoms with E-state index in [9.17, 15) is 0 Å². The molecule has 19 heavy (non-hydrogen) atoms. The molecule has 0 saturated carbocycles. The van der Waals surface area contributed by atoms with Crippen LogP contribution in [0.25, 0.3) is 0 Å². The Morgan fingerprint density at radius 1 is 0.947 bits per heavy atom. The van der Waals surface area contributed by atoms with Gasteiger partial charge in [-0.1, -0.05) is 54.2 Å². The molecular weight excluding hydrogens is 230 g/mol. The first-order chi connectivity index (χ1) is 8.43. The molecule has 0 saturated heterocycles. The maximum Gasteiger partial charge on any atom is 0.0414 e. The molecule has 1 nitrogen and oxygen atoms in total. The highest BCUT2D eigenvalue weighted by Gasteiger charge is 2.26. The summed E-state index contributed by atoms with van der Waals surface area (Å²) in [4.78, 5) is 0. The van der Waals surface area contributed by atoms with E-state index in [0.717, 1.165) is 5.70 Å². The first-order valence-electron chi connectivity index (χ1n) is 7.01. The Kier molecular flexibility index (Phi) is 4.19. The molecule has 1 aromatic rings. The van der Waals surface area contributed by atoms with Gasteiger partial charge in [0.05, 0.1) is 0 Å². The lowest BCUT2D eigenvalue weighted by atomic mass is 9.74. The van der Waals surface area contributed by atoms with Crippen molar-refractivity contribution in [3.05, 3.63) is 41.1 Å². The third kappa shape index (κ3) is 3.86. The van der Waals surface area contributed by atoms with E-state index in [1.54, 1.807) is 0 Å². The van der Waals surface area contributed by atoms with Gasteiger partial charge in [-0.25, -0.2) is 0 Å². The first kappa shape index (κ1) is 15.8. The van der Waals surface area contributed by atoms with E-state index in [0.29, 0.717) is 0 Å². The van der Waals surface area contributed by atoms with Crippen LogP contribution in [0.1, 0.15) is 65.2 Å². The summed E-state index contributed by atoms with van der Waals surface area (Å²) in [6, 6.07) is 4.62. The predicted molar refractivity (Wildman–Crippen MR) is 87.0 cm³/mol. The van der Waals surface area contributed by atoms with E-state index < -0.39 is 0 Å². The fraction of sp³-hybridized carbons (Fsp3) is 0.556. The molecule has 0 amide bonds. The Bertz CT molecular complexity index is 482. The SMILES string of the molecule is C=C(C)Nc1cc(C(C)(C)C)c(C(C)(C)C)cc1C. The van der Waals surface area contributed by atoms with E-state index in [4.69, 9.17) is 0 Å². The molecule has 1 aromatic carbocycles. The van der Waals surface area contributed by atoms with Crippen molar-refractivity contribution in [1.29, 1.82) is 0 Å². The standard InChI is InChI=1S/C18H29N/c1-12(2)19-16-11-15(18(7,8)9)14(10-13(16)3)17(4,5)6/h10-11,19H,1H2,2-9H3. The summed E-state index contributed by atoms with van der Waals surface area (Å²) in [5.41, 5.74) is 6.58. The van der Waals surface area contributed by atoms with Gasteiger partial charge in [0.25, 0.3) is 0 Å². The quantitative estimate of drug-likeness (QED) is 0.735. The second kappa shape index (κ2) is 5.03. The molecule has 0 heterocycles. The lowest BCUT2D eigenvalue weighted by Crippen LogP contribution is -2.22. The molecule has 0 spiro atoms. The van der Waals surface area contributed by atoms with Gasteiger partial charge in [-0.2, -0.15) is 0 Å². The van der Waals surface area contributed by atoms with Gasteiger partial charge in [-0.05, 0) is 47.4 Å². The van der Waals surface area contributed by atoms with Gasteiger partial charge >= 0.3 is 0 Å². The molecule has 0 bridgehead atoms. The number of nitrogens with one attached hydrogen (secondary N) is 1. The maximum atomic E-state index is 3.94. The van der Waals surface area contributed by atoms with Crippen molar-refractivity contribution in [2.45, 2.75) is 66.2 Å². The molecule has 0 aliphatic rings. The molecule has 0 atom stereocenters. The van der Waals surface area contributed by atoms with Crippen LogP contribution in [0, 0.1) is 6.92 Å². The van der Waals surface area contributed by atoms with E-state index >= 15 is 0 Å². The summed E-state index contributed by atoms with van der Waals surface area (Å²) in [5, 5.41) is 3.37. The van der Waals surface area contributed by atoms with Crippen molar-refractivity contribution >= 4 is 5.69 Å². The maximum absolute atomic E-state index is 3.94. The zero-order valence-corrected chi connectivity index (χ0v) is 13.9. The molecule has 1 rings (SSSR count).